The van der Waals surface area contributed by atoms with Crippen LogP contribution in [0.4, 0.5) is 0 Å². The van der Waals surface area contributed by atoms with Gasteiger partial charge in [-0.25, -0.2) is 4.79 Å². The van der Waals surface area contributed by atoms with E-state index in [1.807, 2.05) is 0 Å². The van der Waals surface area contributed by atoms with Gasteiger partial charge in [0.25, 0.3) is 0 Å². The minimum Gasteiger partial charge on any atom is -0.467 e. The molecule has 0 aromatic heterocycles. The van der Waals surface area contributed by atoms with Crippen molar-refractivity contribution in [3.05, 3.63) is 23.8 Å². The lowest BCUT2D eigenvalue weighted by atomic mass is 9.64. The average Bonchev–Trinajstić information content (AvgIpc) is 2.89. The summed E-state index contributed by atoms with van der Waals surface area (Å²) in [4.78, 5) is 49.7. The van der Waals surface area contributed by atoms with Crippen molar-refractivity contribution in [2.24, 2.45) is 17.6 Å². The van der Waals surface area contributed by atoms with E-state index in [1.54, 1.807) is 6.07 Å². The van der Waals surface area contributed by atoms with Crippen molar-refractivity contribution >= 4 is 36.2 Å². The molecule has 1 atom stereocenters. The summed E-state index contributed by atoms with van der Waals surface area (Å²) in [6, 6.07) is 3.66. The lowest BCUT2D eigenvalue weighted by Gasteiger charge is -2.45. The topological polar surface area (TPSA) is 134 Å². The second-order valence-corrected chi connectivity index (χ2v) is 10.3. The number of methoxy groups -OCH3 is 1. The number of ether oxygens (including phenoxy) is 3. The van der Waals surface area contributed by atoms with Gasteiger partial charge in [-0.15, -0.1) is 12.4 Å². The standard InChI is InChI=1S/C28H40N2O7.ClH/c1-18(31)36-24-15-14-20(17-25(24)37-19(2)32)16-23(26(33)35-3)30-27(34)28(29,21-10-6-4-7-11-21)22-12-8-5-9-13-22;/h14-15,17,21-23H,4-13,16,29H2,1-3H3,(H,30,34);1H/t23-;/m0./s1. The SMILES string of the molecule is COC(=O)[C@H](Cc1ccc(OC(C)=O)c(OC(C)=O)c1)NC(=O)C(N)(C1CCCCC1)C1CCCCC1.Cl. The van der Waals surface area contributed by atoms with E-state index in [9.17, 15) is 19.2 Å². The third-order valence-corrected chi connectivity index (χ3v) is 7.70. The third-order valence-electron chi connectivity index (χ3n) is 7.70. The maximum Gasteiger partial charge on any atom is 0.328 e. The molecular formula is C28H41ClN2O7. The highest BCUT2D eigenvalue weighted by molar-refractivity contribution is 5.91. The second-order valence-electron chi connectivity index (χ2n) is 10.3. The lowest BCUT2D eigenvalue weighted by Crippen LogP contribution is -2.66. The molecule has 2 saturated carbocycles. The zero-order valence-corrected chi connectivity index (χ0v) is 23.4. The van der Waals surface area contributed by atoms with Crippen LogP contribution in [0.25, 0.3) is 0 Å². The number of nitrogens with two attached hydrogens (primary N) is 1. The molecule has 2 aliphatic carbocycles. The fraction of sp³-hybridized carbons (Fsp3) is 0.643. The first-order valence-electron chi connectivity index (χ1n) is 13.3. The normalized spacial score (nSPS) is 17.5. The van der Waals surface area contributed by atoms with E-state index in [1.165, 1.54) is 33.1 Å². The molecule has 0 unspecified atom stereocenters. The molecule has 10 heteroatoms. The number of hydrogen-bond acceptors (Lipinski definition) is 8. The lowest BCUT2D eigenvalue weighted by molar-refractivity contribution is -0.147. The Morgan fingerprint density at radius 3 is 1.87 bits per heavy atom. The van der Waals surface area contributed by atoms with Gasteiger partial charge in [-0.1, -0.05) is 44.6 Å². The average molecular weight is 553 g/mol. The molecule has 1 aromatic carbocycles. The summed E-state index contributed by atoms with van der Waals surface area (Å²) < 4.78 is 15.3. The minimum atomic E-state index is -1.05. The molecule has 0 bridgehead atoms. The van der Waals surface area contributed by atoms with Crippen molar-refractivity contribution in [2.45, 2.75) is 96.1 Å². The van der Waals surface area contributed by atoms with Gasteiger partial charge in [0.15, 0.2) is 11.5 Å². The van der Waals surface area contributed by atoms with Crippen LogP contribution in [0.2, 0.25) is 0 Å². The summed E-state index contributed by atoms with van der Waals surface area (Å²) in [6.07, 6.45) is 10.2. The van der Waals surface area contributed by atoms with E-state index in [4.69, 9.17) is 19.9 Å². The Labute approximate surface area is 230 Å². The van der Waals surface area contributed by atoms with E-state index in [0.29, 0.717) is 5.56 Å². The van der Waals surface area contributed by atoms with Crippen LogP contribution in [0, 0.1) is 11.8 Å². The summed E-state index contributed by atoms with van der Waals surface area (Å²) in [5, 5.41) is 2.93. The summed E-state index contributed by atoms with van der Waals surface area (Å²) in [6.45, 7) is 2.48. The van der Waals surface area contributed by atoms with Gasteiger partial charge >= 0.3 is 17.9 Å². The Morgan fingerprint density at radius 2 is 1.39 bits per heavy atom. The van der Waals surface area contributed by atoms with Gasteiger partial charge in [-0.05, 0) is 55.2 Å². The predicted molar refractivity (Wildman–Crippen MR) is 144 cm³/mol. The fourth-order valence-corrected chi connectivity index (χ4v) is 5.87. The molecule has 3 N–H and O–H groups in total. The number of rotatable bonds is 9. The number of carbonyl (C=O) groups is 4. The van der Waals surface area contributed by atoms with Crippen molar-refractivity contribution in [1.82, 2.24) is 5.32 Å². The molecule has 2 fully saturated rings. The molecule has 3 rings (SSSR count). The Balaban J connectivity index is 0.00000507. The molecule has 0 aliphatic heterocycles. The van der Waals surface area contributed by atoms with Crippen LogP contribution in [-0.4, -0.2) is 42.5 Å². The number of benzene rings is 1. The number of nitrogens with one attached hydrogen (secondary N) is 1. The van der Waals surface area contributed by atoms with Crippen molar-refractivity contribution < 1.29 is 33.4 Å². The van der Waals surface area contributed by atoms with E-state index in [-0.39, 0.29) is 48.1 Å². The molecule has 1 amide bonds. The van der Waals surface area contributed by atoms with Crippen molar-refractivity contribution in [3.8, 4) is 11.5 Å². The van der Waals surface area contributed by atoms with Gasteiger partial charge in [-0.3, -0.25) is 14.4 Å². The van der Waals surface area contributed by atoms with Crippen LogP contribution in [-0.2, 0) is 30.3 Å². The molecule has 0 saturated heterocycles. The van der Waals surface area contributed by atoms with Gasteiger partial charge in [0.2, 0.25) is 5.91 Å². The molecule has 0 heterocycles. The molecular weight excluding hydrogens is 512 g/mol. The summed E-state index contributed by atoms with van der Waals surface area (Å²) >= 11 is 0. The first kappa shape index (κ1) is 31.6. The minimum absolute atomic E-state index is 0. The number of amides is 1. The zero-order chi connectivity index (χ0) is 27.0. The molecule has 9 nitrogen and oxygen atoms in total. The fourth-order valence-electron chi connectivity index (χ4n) is 5.87. The Hall–Kier alpha value is -2.65. The highest BCUT2D eigenvalue weighted by atomic mass is 35.5. The maximum atomic E-state index is 13.9. The highest BCUT2D eigenvalue weighted by Gasteiger charge is 2.49. The van der Waals surface area contributed by atoms with Gasteiger partial charge in [0.1, 0.15) is 11.6 Å². The van der Waals surface area contributed by atoms with Crippen LogP contribution < -0.4 is 20.5 Å². The van der Waals surface area contributed by atoms with Crippen molar-refractivity contribution in [3.63, 3.8) is 0 Å². The Morgan fingerprint density at radius 1 is 0.895 bits per heavy atom. The Kier molecular flexibility index (Phi) is 12.0. The van der Waals surface area contributed by atoms with Crippen molar-refractivity contribution in [1.29, 1.82) is 0 Å². The van der Waals surface area contributed by atoms with Gasteiger partial charge in [0, 0.05) is 20.3 Å². The van der Waals surface area contributed by atoms with Gasteiger partial charge in [-0.2, -0.15) is 0 Å². The molecule has 2 aliphatic rings. The molecule has 1 aromatic rings. The van der Waals surface area contributed by atoms with E-state index in [2.05, 4.69) is 5.32 Å². The number of halogens is 1. The second kappa shape index (κ2) is 14.5. The summed E-state index contributed by atoms with van der Waals surface area (Å²) in [5.41, 5.74) is 6.59. The first-order valence-corrected chi connectivity index (χ1v) is 13.3. The van der Waals surface area contributed by atoms with Crippen LogP contribution in [0.3, 0.4) is 0 Å². The first-order chi connectivity index (χ1) is 17.6. The third kappa shape index (κ3) is 7.93. The van der Waals surface area contributed by atoms with Crippen LogP contribution >= 0.6 is 12.4 Å². The van der Waals surface area contributed by atoms with Crippen molar-refractivity contribution in [2.75, 3.05) is 7.11 Å². The molecule has 38 heavy (non-hydrogen) atoms. The summed E-state index contributed by atoms with van der Waals surface area (Å²) in [7, 11) is 1.27. The summed E-state index contributed by atoms with van der Waals surface area (Å²) in [5.74, 6) is -1.78. The quantitative estimate of drug-likeness (QED) is 0.346. The maximum absolute atomic E-state index is 13.9. The number of esters is 3. The monoisotopic (exact) mass is 552 g/mol. The molecule has 0 spiro atoms. The number of hydrogen-bond donors (Lipinski definition) is 2. The van der Waals surface area contributed by atoms with Gasteiger partial charge in [0.05, 0.1) is 7.11 Å². The van der Waals surface area contributed by atoms with E-state index in [0.717, 1.165) is 64.2 Å². The Bertz CT molecular complexity index is 969. The number of carbonyl (C=O) groups excluding carboxylic acids is 4. The van der Waals surface area contributed by atoms with Crippen LogP contribution in [0.5, 0.6) is 11.5 Å². The predicted octanol–water partition coefficient (Wildman–Crippen LogP) is 4.02. The molecule has 0 radical (unpaired) electrons. The smallest absolute Gasteiger partial charge is 0.328 e. The van der Waals surface area contributed by atoms with Crippen LogP contribution in [0.1, 0.15) is 83.6 Å². The van der Waals surface area contributed by atoms with Gasteiger partial charge < -0.3 is 25.3 Å². The largest absolute Gasteiger partial charge is 0.467 e. The zero-order valence-electron chi connectivity index (χ0n) is 22.6. The highest BCUT2D eigenvalue weighted by Crippen LogP contribution is 2.42. The van der Waals surface area contributed by atoms with Crippen LogP contribution in [0.15, 0.2) is 18.2 Å². The molecule has 212 valence electrons. The van der Waals surface area contributed by atoms with E-state index < -0.39 is 29.5 Å². The van der Waals surface area contributed by atoms with E-state index >= 15 is 0 Å².